The van der Waals surface area contributed by atoms with Crippen LogP contribution in [0.2, 0.25) is 0 Å². The highest BCUT2D eigenvalue weighted by molar-refractivity contribution is 5.75. The Hall–Kier alpha value is -1.35. The quantitative estimate of drug-likeness (QED) is 0.667. The molecule has 1 aromatic carbocycles. The average molecular weight is 161 g/mol. The van der Waals surface area contributed by atoms with Gasteiger partial charge < -0.3 is 10.7 Å². The zero-order chi connectivity index (χ0) is 8.55. The van der Waals surface area contributed by atoms with Gasteiger partial charge in [-0.25, -0.2) is 4.98 Å². The van der Waals surface area contributed by atoms with Crippen molar-refractivity contribution in [1.82, 2.24) is 9.97 Å². The molecule has 0 bridgehead atoms. The number of aromatic nitrogens is 2. The third-order valence-electron chi connectivity index (χ3n) is 1.97. The van der Waals surface area contributed by atoms with E-state index in [-0.39, 0.29) is 6.04 Å². The summed E-state index contributed by atoms with van der Waals surface area (Å²) in [5, 5.41) is 0. The first-order valence-electron chi connectivity index (χ1n) is 3.96. The van der Waals surface area contributed by atoms with Gasteiger partial charge in [-0.15, -0.1) is 0 Å². The molecule has 0 radical (unpaired) electrons. The lowest BCUT2D eigenvalue weighted by molar-refractivity contribution is 0.819. The lowest BCUT2D eigenvalue weighted by Crippen LogP contribution is -2.04. The largest absolute Gasteiger partial charge is 0.345 e. The van der Waals surface area contributed by atoms with E-state index in [4.69, 9.17) is 5.73 Å². The van der Waals surface area contributed by atoms with Gasteiger partial charge >= 0.3 is 0 Å². The minimum atomic E-state index is 0.0812. The molecule has 3 heteroatoms. The summed E-state index contributed by atoms with van der Waals surface area (Å²) in [6.07, 6.45) is 1.69. The summed E-state index contributed by atoms with van der Waals surface area (Å²) in [6, 6.07) is 6.10. The highest BCUT2D eigenvalue weighted by Gasteiger charge is 2.01. The van der Waals surface area contributed by atoms with Crippen molar-refractivity contribution in [2.75, 3.05) is 0 Å². The predicted molar refractivity (Wildman–Crippen MR) is 48.7 cm³/mol. The van der Waals surface area contributed by atoms with Crippen molar-refractivity contribution in [1.29, 1.82) is 0 Å². The lowest BCUT2D eigenvalue weighted by atomic mass is 10.1. The Morgan fingerprint density at radius 2 is 2.33 bits per heavy atom. The Balaban J connectivity index is 2.60. The molecule has 0 aliphatic rings. The van der Waals surface area contributed by atoms with Gasteiger partial charge in [0.05, 0.1) is 17.4 Å². The number of aromatic amines is 1. The maximum atomic E-state index is 5.74. The maximum Gasteiger partial charge on any atom is 0.0931 e. The van der Waals surface area contributed by atoms with Crippen LogP contribution in [0.5, 0.6) is 0 Å². The van der Waals surface area contributed by atoms with Crippen LogP contribution in [0.3, 0.4) is 0 Å². The van der Waals surface area contributed by atoms with Gasteiger partial charge in [-0.1, -0.05) is 6.07 Å². The molecular weight excluding hydrogens is 150 g/mol. The van der Waals surface area contributed by atoms with Crippen molar-refractivity contribution >= 4 is 11.0 Å². The zero-order valence-corrected chi connectivity index (χ0v) is 6.91. The molecule has 3 N–H and O–H groups in total. The van der Waals surface area contributed by atoms with Crippen molar-refractivity contribution in [3.8, 4) is 0 Å². The van der Waals surface area contributed by atoms with Crippen LogP contribution >= 0.6 is 0 Å². The Bertz CT molecular complexity index is 389. The Morgan fingerprint density at radius 3 is 3.08 bits per heavy atom. The minimum absolute atomic E-state index is 0.0812. The van der Waals surface area contributed by atoms with E-state index < -0.39 is 0 Å². The third-order valence-corrected chi connectivity index (χ3v) is 1.97. The van der Waals surface area contributed by atoms with Crippen molar-refractivity contribution in [2.24, 2.45) is 5.73 Å². The first-order chi connectivity index (χ1) is 5.77. The van der Waals surface area contributed by atoms with Gasteiger partial charge in [0.25, 0.3) is 0 Å². The lowest BCUT2D eigenvalue weighted by Gasteiger charge is -2.03. The Morgan fingerprint density at radius 1 is 1.50 bits per heavy atom. The molecule has 0 saturated heterocycles. The van der Waals surface area contributed by atoms with E-state index >= 15 is 0 Å². The highest BCUT2D eigenvalue weighted by atomic mass is 14.9. The van der Waals surface area contributed by atoms with Crippen LogP contribution in [-0.4, -0.2) is 9.97 Å². The molecule has 0 unspecified atom stereocenters. The second-order valence-electron chi connectivity index (χ2n) is 2.97. The van der Waals surface area contributed by atoms with Gasteiger partial charge in [-0.2, -0.15) is 0 Å². The van der Waals surface area contributed by atoms with E-state index in [0.717, 1.165) is 16.6 Å². The first-order valence-corrected chi connectivity index (χ1v) is 3.96. The molecular formula is C9H11N3. The minimum Gasteiger partial charge on any atom is -0.345 e. The number of hydrogen-bond donors (Lipinski definition) is 2. The summed E-state index contributed by atoms with van der Waals surface area (Å²) >= 11 is 0. The van der Waals surface area contributed by atoms with Crippen LogP contribution in [-0.2, 0) is 0 Å². The molecule has 0 fully saturated rings. The van der Waals surface area contributed by atoms with E-state index in [9.17, 15) is 0 Å². The number of rotatable bonds is 1. The molecule has 2 rings (SSSR count). The van der Waals surface area contributed by atoms with Gasteiger partial charge in [0.2, 0.25) is 0 Å². The fourth-order valence-corrected chi connectivity index (χ4v) is 1.24. The summed E-state index contributed by atoms with van der Waals surface area (Å²) < 4.78 is 0. The molecule has 2 aromatic rings. The monoisotopic (exact) mass is 161 g/mol. The number of H-pyrrole nitrogens is 1. The van der Waals surface area contributed by atoms with Crippen molar-refractivity contribution in [3.05, 3.63) is 30.1 Å². The van der Waals surface area contributed by atoms with Crippen LogP contribution in [0, 0.1) is 0 Å². The third kappa shape index (κ3) is 1.08. The SMILES string of the molecule is C[C@H](N)c1ccc2nc[nH]c2c1. The van der Waals surface area contributed by atoms with E-state index in [1.165, 1.54) is 0 Å². The predicted octanol–water partition coefficient (Wildman–Crippen LogP) is 1.58. The van der Waals surface area contributed by atoms with E-state index in [1.807, 2.05) is 25.1 Å². The van der Waals surface area contributed by atoms with Crippen LogP contribution in [0.4, 0.5) is 0 Å². The molecule has 1 aromatic heterocycles. The molecule has 1 atom stereocenters. The summed E-state index contributed by atoms with van der Waals surface area (Å²) in [5.41, 5.74) is 8.90. The smallest absolute Gasteiger partial charge is 0.0931 e. The Kier molecular flexibility index (Phi) is 1.59. The number of nitrogens with one attached hydrogen (secondary N) is 1. The Labute approximate surface area is 70.6 Å². The van der Waals surface area contributed by atoms with Crippen LogP contribution in [0.15, 0.2) is 24.5 Å². The van der Waals surface area contributed by atoms with E-state index in [0.29, 0.717) is 0 Å². The molecule has 1 heterocycles. The summed E-state index contributed by atoms with van der Waals surface area (Å²) in [7, 11) is 0. The van der Waals surface area contributed by atoms with Crippen LogP contribution in [0.25, 0.3) is 11.0 Å². The van der Waals surface area contributed by atoms with Crippen LogP contribution in [0.1, 0.15) is 18.5 Å². The molecule has 12 heavy (non-hydrogen) atoms. The number of nitrogens with two attached hydrogens (primary N) is 1. The standard InChI is InChI=1S/C9H11N3/c1-6(10)7-2-3-8-9(4-7)12-5-11-8/h2-6H,10H2,1H3,(H,11,12)/t6-/m0/s1. The number of fused-ring (bicyclic) bond motifs is 1. The van der Waals surface area contributed by atoms with Gasteiger partial charge in [0.15, 0.2) is 0 Å². The molecule has 62 valence electrons. The van der Waals surface area contributed by atoms with Crippen molar-refractivity contribution < 1.29 is 0 Å². The molecule has 3 nitrogen and oxygen atoms in total. The van der Waals surface area contributed by atoms with Gasteiger partial charge in [-0.05, 0) is 24.6 Å². The number of hydrogen-bond acceptors (Lipinski definition) is 2. The topological polar surface area (TPSA) is 54.7 Å². The molecule has 0 amide bonds. The number of nitrogens with zero attached hydrogens (tertiary/aromatic N) is 1. The first kappa shape index (κ1) is 7.31. The van der Waals surface area contributed by atoms with E-state index in [1.54, 1.807) is 6.33 Å². The highest BCUT2D eigenvalue weighted by Crippen LogP contribution is 2.15. The summed E-state index contributed by atoms with van der Waals surface area (Å²) in [5.74, 6) is 0. The second kappa shape index (κ2) is 2.60. The molecule has 0 spiro atoms. The number of imidazole rings is 1. The zero-order valence-electron chi connectivity index (χ0n) is 6.91. The number of benzene rings is 1. The average Bonchev–Trinajstić information content (AvgIpc) is 2.49. The van der Waals surface area contributed by atoms with Gasteiger partial charge in [0.1, 0.15) is 0 Å². The maximum absolute atomic E-state index is 5.74. The second-order valence-corrected chi connectivity index (χ2v) is 2.97. The van der Waals surface area contributed by atoms with Gasteiger partial charge in [0, 0.05) is 6.04 Å². The fraction of sp³-hybridized carbons (Fsp3) is 0.222. The van der Waals surface area contributed by atoms with Gasteiger partial charge in [-0.3, -0.25) is 0 Å². The molecule has 0 aliphatic carbocycles. The van der Waals surface area contributed by atoms with Crippen molar-refractivity contribution in [3.63, 3.8) is 0 Å². The van der Waals surface area contributed by atoms with E-state index in [2.05, 4.69) is 9.97 Å². The van der Waals surface area contributed by atoms with Crippen LogP contribution < -0.4 is 5.73 Å². The molecule has 0 saturated carbocycles. The summed E-state index contributed by atoms with van der Waals surface area (Å²) in [4.78, 5) is 7.17. The fourth-order valence-electron chi connectivity index (χ4n) is 1.24. The molecule has 0 aliphatic heterocycles. The van der Waals surface area contributed by atoms with Crippen molar-refractivity contribution in [2.45, 2.75) is 13.0 Å². The summed E-state index contributed by atoms with van der Waals surface area (Å²) in [6.45, 7) is 1.97. The normalized spacial score (nSPS) is 13.5.